The van der Waals surface area contributed by atoms with E-state index in [0.717, 1.165) is 73.5 Å². The van der Waals surface area contributed by atoms with E-state index in [-0.39, 0.29) is 68.3 Å². The normalized spacial score (nSPS) is 30.4. The Morgan fingerprint density at radius 2 is 1.92 bits per heavy atom. The number of fused-ring (bicyclic) bond motifs is 3. The summed E-state index contributed by atoms with van der Waals surface area (Å²) in [6.07, 6.45) is 8.80. The fourth-order valence-corrected chi connectivity index (χ4v) is 10.2. The van der Waals surface area contributed by atoms with Gasteiger partial charge < -0.3 is 28.9 Å². The lowest BCUT2D eigenvalue weighted by atomic mass is 9.77. The number of ether oxygens (including phenoxy) is 3. The topological polar surface area (TPSA) is 153 Å². The largest absolute Gasteiger partial charge is 0.496 e. The third kappa shape index (κ3) is 7.54. The van der Waals surface area contributed by atoms with Crippen molar-refractivity contribution in [3.63, 3.8) is 0 Å². The fourth-order valence-electron chi connectivity index (χ4n) is 8.68. The molecule has 2 aliphatic heterocycles. The summed E-state index contributed by atoms with van der Waals surface area (Å²) in [6.45, 7) is 4.29. The first-order valence-electron chi connectivity index (χ1n) is 18.1. The number of esters is 1. The van der Waals surface area contributed by atoms with Crippen LogP contribution in [0.1, 0.15) is 96.5 Å². The zero-order valence-electron chi connectivity index (χ0n) is 29.0. The number of pyridine rings is 1. The van der Waals surface area contributed by atoms with Crippen molar-refractivity contribution in [3.8, 4) is 11.6 Å². The minimum Gasteiger partial charge on any atom is -0.496 e. The minimum atomic E-state index is -4.59. The molecule has 0 spiro atoms. The number of Topliss-reactive ketones (excluding diaryl/α,β-unsaturated/α-hetero) is 1. The lowest BCUT2D eigenvalue weighted by Crippen LogP contribution is -2.47. The number of benzene rings is 1. The second kappa shape index (κ2) is 14.7. The van der Waals surface area contributed by atoms with Gasteiger partial charge in [-0.3, -0.25) is 18.9 Å². The number of amides is 1. The lowest BCUT2D eigenvalue weighted by molar-refractivity contribution is -0.152. The van der Waals surface area contributed by atoms with E-state index in [2.05, 4.69) is 11.9 Å². The molecule has 6 atom stereocenters. The van der Waals surface area contributed by atoms with Crippen molar-refractivity contribution in [2.24, 2.45) is 23.7 Å². The molecule has 6 rings (SSSR count). The Morgan fingerprint density at radius 3 is 2.61 bits per heavy atom. The van der Waals surface area contributed by atoms with Crippen LogP contribution in [0.3, 0.4) is 0 Å². The van der Waals surface area contributed by atoms with Crippen LogP contribution < -0.4 is 9.47 Å². The molecule has 49 heavy (non-hydrogen) atoms. The van der Waals surface area contributed by atoms with E-state index in [4.69, 9.17) is 14.2 Å². The van der Waals surface area contributed by atoms with E-state index in [9.17, 15) is 28.7 Å². The van der Waals surface area contributed by atoms with E-state index >= 15 is 0 Å². The van der Waals surface area contributed by atoms with Crippen molar-refractivity contribution >= 4 is 36.0 Å². The molecule has 0 radical (unpaired) electrons. The van der Waals surface area contributed by atoms with Crippen LogP contribution >= 0.6 is 7.60 Å². The predicted molar refractivity (Wildman–Crippen MR) is 183 cm³/mol. The van der Waals surface area contributed by atoms with Gasteiger partial charge in [0.2, 0.25) is 11.8 Å². The van der Waals surface area contributed by atoms with E-state index in [0.29, 0.717) is 12.3 Å². The SMILES string of the molecule is CCC1CC1(CC(=O)[C@@H]1C[C@@H]2CN1C(=O)[C@H](C1CCCCC1)CC(=O)OC[C@@H](C)CCCc1cc3c(nccc3cc1OC)O2)P(=O)(O)O. The highest BCUT2D eigenvalue weighted by molar-refractivity contribution is 7.54. The standard InChI is InChI=1S/C37H51N2O9P/c1-4-27-19-37(27,49(43,44)45)20-32(40)31-17-28-21-39(31)36(42)30(24-10-6-5-7-11-24)18-34(41)47-22-23(2)9-8-12-26-15-29-25(16-33(26)46-3)13-14-38-35(29)48-28/h13-16,23-24,27-28,30-31H,4-12,17-22H2,1-3H3,(H2,43,44,45)/t23-,27?,28+,30-,31-,37?/m0/s1. The van der Waals surface area contributed by atoms with Crippen LogP contribution in [0.15, 0.2) is 24.4 Å². The summed E-state index contributed by atoms with van der Waals surface area (Å²) in [7, 11) is -2.94. The number of ketones is 1. The zero-order chi connectivity index (χ0) is 34.9. The van der Waals surface area contributed by atoms with E-state index in [1.54, 1.807) is 18.2 Å². The number of hydrogen-bond donors (Lipinski definition) is 2. The molecule has 4 bridgehead atoms. The molecule has 4 aliphatic rings. The van der Waals surface area contributed by atoms with Gasteiger partial charge in [-0.15, -0.1) is 0 Å². The van der Waals surface area contributed by atoms with Gasteiger partial charge in [-0.05, 0) is 85.4 Å². The number of methoxy groups -OCH3 is 1. The molecule has 1 aromatic heterocycles. The molecule has 2 unspecified atom stereocenters. The molecule has 1 aromatic carbocycles. The number of nitrogens with zero attached hydrogens (tertiary/aromatic N) is 2. The number of carbonyl (C=O) groups excluding carboxylic acids is 3. The lowest BCUT2D eigenvalue weighted by Gasteiger charge is -2.34. The molecule has 2 N–H and O–H groups in total. The third-order valence-electron chi connectivity index (χ3n) is 11.7. The first kappa shape index (κ1) is 35.8. The smallest absolute Gasteiger partial charge is 0.332 e. The van der Waals surface area contributed by atoms with Gasteiger partial charge in [-0.25, -0.2) is 4.98 Å². The molecular weight excluding hydrogens is 647 g/mol. The summed E-state index contributed by atoms with van der Waals surface area (Å²) in [5.41, 5.74) is 1.00. The quantitative estimate of drug-likeness (QED) is 0.260. The van der Waals surface area contributed by atoms with Gasteiger partial charge in [0.15, 0.2) is 5.78 Å². The van der Waals surface area contributed by atoms with Gasteiger partial charge in [0, 0.05) is 24.4 Å². The van der Waals surface area contributed by atoms with Crippen LogP contribution in [0, 0.1) is 23.7 Å². The molecule has 2 saturated carbocycles. The average molecular weight is 699 g/mol. The maximum absolute atomic E-state index is 14.7. The molecule has 12 heteroatoms. The molecule has 1 saturated heterocycles. The molecule has 1 amide bonds. The van der Waals surface area contributed by atoms with Crippen molar-refractivity contribution in [2.45, 2.75) is 115 Å². The number of rotatable bonds is 7. The van der Waals surface area contributed by atoms with Crippen molar-refractivity contribution in [2.75, 3.05) is 20.3 Å². The summed E-state index contributed by atoms with van der Waals surface area (Å²) >= 11 is 0. The Bertz CT molecular complexity index is 1600. The van der Waals surface area contributed by atoms with Crippen LogP contribution in [-0.4, -0.2) is 74.9 Å². The van der Waals surface area contributed by atoms with Crippen molar-refractivity contribution in [1.29, 1.82) is 0 Å². The van der Waals surface area contributed by atoms with E-state index in [1.807, 2.05) is 25.1 Å². The van der Waals surface area contributed by atoms with Crippen molar-refractivity contribution < 1.29 is 42.9 Å². The highest BCUT2D eigenvalue weighted by atomic mass is 31.2. The Morgan fingerprint density at radius 1 is 1.14 bits per heavy atom. The minimum absolute atomic E-state index is 0.0185. The molecule has 2 aliphatic carbocycles. The number of aromatic nitrogens is 1. The Hall–Kier alpha value is -3.01. The van der Waals surface area contributed by atoms with Crippen molar-refractivity contribution in [1.82, 2.24) is 9.88 Å². The van der Waals surface area contributed by atoms with Crippen LogP contribution in [0.2, 0.25) is 0 Å². The Balaban J connectivity index is 1.37. The number of hydrogen-bond acceptors (Lipinski definition) is 8. The van der Waals surface area contributed by atoms with E-state index < -0.39 is 36.8 Å². The summed E-state index contributed by atoms with van der Waals surface area (Å²) in [5.74, 6) is -0.715. The maximum atomic E-state index is 14.7. The summed E-state index contributed by atoms with van der Waals surface area (Å²) in [4.78, 5) is 69.0. The van der Waals surface area contributed by atoms with Gasteiger partial charge in [-0.1, -0.05) is 39.5 Å². The molecule has 2 aromatic rings. The first-order valence-corrected chi connectivity index (χ1v) is 19.7. The van der Waals surface area contributed by atoms with Gasteiger partial charge in [-0.2, -0.15) is 0 Å². The molecule has 11 nitrogen and oxygen atoms in total. The predicted octanol–water partition coefficient (Wildman–Crippen LogP) is 6.00. The summed E-state index contributed by atoms with van der Waals surface area (Å²) < 4.78 is 30.7. The number of carbonyl (C=O) groups is 3. The summed E-state index contributed by atoms with van der Waals surface area (Å²) in [6, 6.07) is 4.96. The van der Waals surface area contributed by atoms with Gasteiger partial charge >= 0.3 is 13.6 Å². The maximum Gasteiger partial charge on any atom is 0.332 e. The highest BCUT2D eigenvalue weighted by Gasteiger charge is 2.66. The van der Waals surface area contributed by atoms with Crippen LogP contribution in [0.5, 0.6) is 11.6 Å². The Kier molecular flexibility index (Phi) is 10.7. The zero-order valence-corrected chi connectivity index (χ0v) is 29.9. The second-order valence-corrected chi connectivity index (χ2v) is 17.0. The molecule has 3 fully saturated rings. The van der Waals surface area contributed by atoms with Crippen LogP contribution in [0.4, 0.5) is 0 Å². The Labute approximate surface area is 288 Å². The second-order valence-electron chi connectivity index (χ2n) is 15.0. The van der Waals surface area contributed by atoms with Crippen molar-refractivity contribution in [3.05, 3.63) is 30.0 Å². The third-order valence-corrected chi connectivity index (χ3v) is 13.5. The van der Waals surface area contributed by atoms with Gasteiger partial charge in [0.05, 0.1) is 43.8 Å². The monoisotopic (exact) mass is 698 g/mol. The number of aryl methyl sites for hydroxylation is 1. The van der Waals surface area contributed by atoms with Crippen LogP contribution in [-0.2, 0) is 30.1 Å². The van der Waals surface area contributed by atoms with Gasteiger partial charge in [0.25, 0.3) is 0 Å². The number of cyclic esters (lactones) is 1. The highest BCUT2D eigenvalue weighted by Crippen LogP contribution is 2.71. The van der Waals surface area contributed by atoms with Gasteiger partial charge in [0.1, 0.15) is 11.9 Å². The molecule has 3 heterocycles. The fraction of sp³-hybridized carbons (Fsp3) is 0.676. The molecular formula is C37H51N2O9P. The van der Waals surface area contributed by atoms with E-state index in [1.165, 1.54) is 0 Å². The first-order chi connectivity index (χ1) is 23.4. The van der Waals surface area contributed by atoms with Crippen LogP contribution in [0.25, 0.3) is 10.8 Å². The average Bonchev–Trinajstić information content (AvgIpc) is 3.66. The molecule has 268 valence electrons. The summed E-state index contributed by atoms with van der Waals surface area (Å²) in [5, 5.41) is 0.298.